The second-order valence-corrected chi connectivity index (χ2v) is 1.51. The van der Waals surface area contributed by atoms with Crippen LogP contribution in [0.2, 0.25) is 0 Å². The third kappa shape index (κ3) is 5.73. The Hall–Kier alpha value is -0.270. The van der Waals surface area contributed by atoms with Gasteiger partial charge in [0.25, 0.3) is 0 Å². The molecule has 0 unspecified atom stereocenters. The van der Waals surface area contributed by atoms with Crippen molar-refractivity contribution in [1.29, 1.82) is 0 Å². The van der Waals surface area contributed by atoms with Gasteiger partial charge in [0.05, 0.1) is 0 Å². The summed E-state index contributed by atoms with van der Waals surface area (Å²) in [4.78, 5) is 0. The Kier molecular flexibility index (Phi) is 6.50. The molecule has 0 heterocycles. The van der Waals surface area contributed by atoms with E-state index in [1.165, 1.54) is 5.54 Å². The number of aliphatic hydroxyl groups excluding tert-OH is 1. The maximum absolute atomic E-state index is 8.26. The van der Waals surface area contributed by atoms with Crippen molar-refractivity contribution >= 4 is 11.6 Å². The number of rotatable bonds is 3. The van der Waals surface area contributed by atoms with Crippen LogP contribution < -0.4 is 0 Å². The highest BCUT2D eigenvalue weighted by Crippen LogP contribution is 1.83. The normalized spacial score (nSPS) is 11.8. The molecule has 0 atom stereocenters. The van der Waals surface area contributed by atoms with Crippen LogP contribution in [-0.4, -0.2) is 11.7 Å². The number of allylic oxidation sites excluding steroid dienone is 2. The fourth-order valence-electron chi connectivity index (χ4n) is 0.291. The molecule has 0 radical (unpaired) electrons. The quantitative estimate of drug-likeness (QED) is 0.580. The molecule has 0 saturated heterocycles. The van der Waals surface area contributed by atoms with E-state index >= 15 is 0 Å². The van der Waals surface area contributed by atoms with Gasteiger partial charge in [-0.2, -0.15) is 0 Å². The molecule has 0 aliphatic heterocycles. The largest absolute Gasteiger partial charge is 0.396 e. The molecule has 2 heteroatoms. The zero-order chi connectivity index (χ0) is 6.24. The van der Waals surface area contributed by atoms with Crippen molar-refractivity contribution in [2.75, 3.05) is 6.61 Å². The van der Waals surface area contributed by atoms with Crippen LogP contribution in [0.5, 0.6) is 0 Å². The summed E-state index contributed by atoms with van der Waals surface area (Å²) in [7, 11) is 0. The second kappa shape index (κ2) is 6.73. The minimum Gasteiger partial charge on any atom is -0.396 e. The Morgan fingerprint density at radius 3 is 2.62 bits per heavy atom. The van der Waals surface area contributed by atoms with Crippen LogP contribution in [0.4, 0.5) is 0 Å². The number of hydrogen-bond donors (Lipinski definition) is 1. The molecule has 0 rings (SSSR count). The van der Waals surface area contributed by atoms with Gasteiger partial charge in [-0.3, -0.25) is 0 Å². The molecule has 0 bridgehead atoms. The van der Waals surface area contributed by atoms with Crippen molar-refractivity contribution in [2.45, 2.75) is 6.42 Å². The predicted octanol–water partition coefficient (Wildman–Crippen LogP) is 1.68. The third-order valence-electron chi connectivity index (χ3n) is 0.616. The van der Waals surface area contributed by atoms with Crippen LogP contribution in [0.25, 0.3) is 0 Å². The Morgan fingerprint density at radius 2 is 2.12 bits per heavy atom. The monoisotopic (exact) mass is 132 g/mol. The zero-order valence-electron chi connectivity index (χ0n) is 4.55. The van der Waals surface area contributed by atoms with E-state index in [2.05, 4.69) is 0 Å². The Bertz CT molecular complexity index is 86.5. The third-order valence-corrected chi connectivity index (χ3v) is 0.761. The topological polar surface area (TPSA) is 20.2 Å². The lowest BCUT2D eigenvalue weighted by Crippen LogP contribution is -1.73. The summed E-state index contributed by atoms with van der Waals surface area (Å²) < 4.78 is 0. The van der Waals surface area contributed by atoms with Crippen LogP contribution in [0.3, 0.4) is 0 Å². The fraction of sp³-hybridized carbons (Fsp3) is 0.333. The predicted molar refractivity (Wildman–Crippen MR) is 35.8 cm³/mol. The SMILES string of the molecule is OCC/C=C/C=C/Cl. The van der Waals surface area contributed by atoms with Gasteiger partial charge in [0, 0.05) is 12.1 Å². The van der Waals surface area contributed by atoms with Crippen LogP contribution in [0.15, 0.2) is 23.8 Å². The summed E-state index contributed by atoms with van der Waals surface area (Å²) >= 11 is 5.19. The summed E-state index contributed by atoms with van der Waals surface area (Å²) in [6, 6.07) is 0. The number of aliphatic hydroxyl groups is 1. The Balaban J connectivity index is 3.07. The average molecular weight is 133 g/mol. The average Bonchev–Trinajstić information content (AvgIpc) is 1.81. The molecular weight excluding hydrogens is 124 g/mol. The smallest absolute Gasteiger partial charge is 0.0465 e. The van der Waals surface area contributed by atoms with Crippen molar-refractivity contribution in [3.63, 3.8) is 0 Å². The van der Waals surface area contributed by atoms with E-state index in [4.69, 9.17) is 16.7 Å². The van der Waals surface area contributed by atoms with Crippen LogP contribution in [-0.2, 0) is 0 Å². The van der Waals surface area contributed by atoms with Gasteiger partial charge in [0.15, 0.2) is 0 Å². The molecule has 0 aromatic heterocycles. The first-order valence-electron chi connectivity index (χ1n) is 2.44. The van der Waals surface area contributed by atoms with Crippen molar-refractivity contribution in [3.05, 3.63) is 23.8 Å². The maximum Gasteiger partial charge on any atom is 0.0465 e. The number of hydrogen-bond acceptors (Lipinski definition) is 1. The summed E-state index contributed by atoms with van der Waals surface area (Å²) in [6.07, 6.45) is 6.04. The lowest BCUT2D eigenvalue weighted by molar-refractivity contribution is 0.302. The van der Waals surface area contributed by atoms with Crippen LogP contribution >= 0.6 is 11.6 Å². The van der Waals surface area contributed by atoms with E-state index in [1.54, 1.807) is 12.2 Å². The Morgan fingerprint density at radius 1 is 1.38 bits per heavy atom. The first kappa shape index (κ1) is 7.73. The molecule has 0 aliphatic carbocycles. The highest BCUT2D eigenvalue weighted by Gasteiger charge is 1.68. The van der Waals surface area contributed by atoms with Crippen molar-refractivity contribution in [1.82, 2.24) is 0 Å². The van der Waals surface area contributed by atoms with Gasteiger partial charge in [-0.05, 0) is 6.42 Å². The highest BCUT2D eigenvalue weighted by atomic mass is 35.5. The van der Waals surface area contributed by atoms with Gasteiger partial charge in [0.2, 0.25) is 0 Å². The summed E-state index contributed by atoms with van der Waals surface area (Å²) in [5, 5.41) is 8.26. The first-order chi connectivity index (χ1) is 3.91. The molecular formula is C6H9ClO. The summed E-state index contributed by atoms with van der Waals surface area (Å²) in [5.41, 5.74) is 1.42. The van der Waals surface area contributed by atoms with Crippen molar-refractivity contribution < 1.29 is 5.11 Å². The standard InChI is InChI=1S/C6H9ClO/c7-5-3-1-2-4-6-8/h1-3,5,8H,4,6H2/b2-1+,5-3+. The number of halogens is 1. The summed E-state index contributed by atoms with van der Waals surface area (Å²) in [5.74, 6) is 0. The molecule has 0 aromatic carbocycles. The summed E-state index contributed by atoms with van der Waals surface area (Å²) in [6.45, 7) is 0.201. The lowest BCUT2D eigenvalue weighted by Gasteiger charge is -1.78. The van der Waals surface area contributed by atoms with Gasteiger partial charge < -0.3 is 5.11 Å². The fourth-order valence-corrected chi connectivity index (χ4v) is 0.375. The molecule has 0 saturated carbocycles. The minimum atomic E-state index is 0.201. The van der Waals surface area contributed by atoms with Crippen molar-refractivity contribution in [3.8, 4) is 0 Å². The van der Waals surface area contributed by atoms with Crippen LogP contribution in [0, 0.1) is 0 Å². The molecule has 0 aliphatic rings. The molecule has 0 amide bonds. The lowest BCUT2D eigenvalue weighted by atomic mass is 10.4. The Labute approximate surface area is 54.3 Å². The molecule has 0 aromatic rings. The van der Waals surface area contributed by atoms with E-state index in [9.17, 15) is 0 Å². The maximum atomic E-state index is 8.26. The van der Waals surface area contributed by atoms with E-state index in [1.807, 2.05) is 6.08 Å². The van der Waals surface area contributed by atoms with E-state index < -0.39 is 0 Å². The molecule has 1 N–H and O–H groups in total. The van der Waals surface area contributed by atoms with Gasteiger partial charge in [-0.25, -0.2) is 0 Å². The van der Waals surface area contributed by atoms with Gasteiger partial charge in [-0.1, -0.05) is 29.8 Å². The molecule has 46 valence electrons. The van der Waals surface area contributed by atoms with Gasteiger partial charge in [-0.15, -0.1) is 0 Å². The minimum absolute atomic E-state index is 0.201. The van der Waals surface area contributed by atoms with Crippen molar-refractivity contribution in [2.24, 2.45) is 0 Å². The van der Waals surface area contributed by atoms with E-state index in [0.717, 1.165) is 0 Å². The molecule has 0 spiro atoms. The zero-order valence-corrected chi connectivity index (χ0v) is 5.30. The van der Waals surface area contributed by atoms with Crippen LogP contribution in [0.1, 0.15) is 6.42 Å². The molecule has 1 nitrogen and oxygen atoms in total. The van der Waals surface area contributed by atoms with Gasteiger partial charge >= 0.3 is 0 Å². The van der Waals surface area contributed by atoms with Gasteiger partial charge in [0.1, 0.15) is 0 Å². The highest BCUT2D eigenvalue weighted by molar-refractivity contribution is 6.25. The molecule has 0 fully saturated rings. The molecule has 8 heavy (non-hydrogen) atoms. The van der Waals surface area contributed by atoms with E-state index in [0.29, 0.717) is 6.42 Å². The van der Waals surface area contributed by atoms with E-state index in [-0.39, 0.29) is 6.61 Å². The first-order valence-corrected chi connectivity index (χ1v) is 2.88. The second-order valence-electron chi connectivity index (χ2n) is 1.26.